The van der Waals surface area contributed by atoms with Crippen molar-refractivity contribution >= 4 is 38.4 Å². The molecule has 1 heterocycles. The first-order chi connectivity index (χ1) is 12.5. The van der Waals surface area contributed by atoms with Crippen molar-refractivity contribution in [3.05, 3.63) is 65.5 Å². The number of sulfonamides is 1. The molecule has 0 spiro atoms. The van der Waals surface area contributed by atoms with Crippen molar-refractivity contribution in [2.45, 2.75) is 18.1 Å². The average Bonchev–Trinajstić information content (AvgIpc) is 3.06. The highest BCUT2D eigenvalue weighted by Gasteiger charge is 2.16. The minimum atomic E-state index is -3.55. The molecule has 26 heavy (non-hydrogen) atoms. The van der Waals surface area contributed by atoms with Crippen LogP contribution in [0.5, 0.6) is 5.75 Å². The Balaban J connectivity index is 1.73. The Kier molecular flexibility index (Phi) is 5.49. The van der Waals surface area contributed by atoms with Crippen molar-refractivity contribution in [1.82, 2.24) is 0 Å². The summed E-state index contributed by atoms with van der Waals surface area (Å²) in [5.41, 5.74) is 2.21. The van der Waals surface area contributed by atoms with Crippen LogP contribution in [-0.4, -0.2) is 15.0 Å². The van der Waals surface area contributed by atoms with E-state index in [-0.39, 0.29) is 0 Å². The van der Waals surface area contributed by atoms with Gasteiger partial charge in [-0.1, -0.05) is 12.1 Å². The Labute approximate surface area is 157 Å². The second-order valence-electron chi connectivity index (χ2n) is 5.60. The molecule has 3 aromatic rings. The summed E-state index contributed by atoms with van der Waals surface area (Å²) in [5.74, 6) is 0.771. The van der Waals surface area contributed by atoms with E-state index in [0.29, 0.717) is 16.5 Å². The lowest BCUT2D eigenvalue weighted by molar-refractivity contribution is 0.342. The lowest BCUT2D eigenvalue weighted by atomic mass is 10.2. The van der Waals surface area contributed by atoms with Gasteiger partial charge in [0.15, 0.2) is 0 Å². The fourth-order valence-electron chi connectivity index (χ4n) is 2.39. The monoisotopic (exact) mass is 388 g/mol. The molecule has 0 unspecified atom stereocenters. The van der Waals surface area contributed by atoms with Crippen LogP contribution in [0.1, 0.15) is 11.8 Å². The van der Waals surface area contributed by atoms with Gasteiger partial charge < -0.3 is 10.1 Å². The molecule has 0 atom stereocenters. The molecule has 0 aliphatic carbocycles. The van der Waals surface area contributed by atoms with Gasteiger partial charge in [-0.25, -0.2) is 8.42 Å². The van der Waals surface area contributed by atoms with E-state index in [1.54, 1.807) is 24.3 Å². The number of thiophene rings is 1. The molecular weight excluding hydrogens is 368 g/mol. The first-order valence-corrected chi connectivity index (χ1v) is 10.5. The maximum atomic E-state index is 12.4. The normalized spacial score (nSPS) is 11.2. The van der Waals surface area contributed by atoms with Crippen molar-refractivity contribution in [3.63, 3.8) is 0 Å². The number of hydrogen-bond acceptors (Lipinski definition) is 5. The zero-order valence-corrected chi connectivity index (χ0v) is 16.2. The van der Waals surface area contributed by atoms with Gasteiger partial charge in [0.25, 0.3) is 10.0 Å². The number of para-hydroxylation sites is 2. The lowest BCUT2D eigenvalue weighted by Crippen LogP contribution is -2.11. The molecular formula is C19H20N2O3S2. The maximum absolute atomic E-state index is 12.4. The van der Waals surface area contributed by atoms with E-state index in [9.17, 15) is 8.42 Å². The fraction of sp³-hybridized carbons (Fsp3) is 0.158. The Bertz CT molecular complexity index is 980. The molecule has 5 nitrogen and oxygen atoms in total. The molecule has 0 amide bonds. The second-order valence-corrected chi connectivity index (χ2v) is 8.80. The van der Waals surface area contributed by atoms with Gasteiger partial charge in [-0.3, -0.25) is 4.72 Å². The van der Waals surface area contributed by atoms with Crippen molar-refractivity contribution in [2.75, 3.05) is 16.6 Å². The fourth-order valence-corrected chi connectivity index (χ4v) is 4.73. The van der Waals surface area contributed by atoms with Gasteiger partial charge in [-0.2, -0.15) is 0 Å². The first-order valence-electron chi connectivity index (χ1n) is 8.16. The highest BCUT2D eigenvalue weighted by molar-refractivity contribution is 7.94. The van der Waals surface area contributed by atoms with Crippen LogP contribution in [0.4, 0.5) is 17.1 Å². The second kappa shape index (κ2) is 7.80. The van der Waals surface area contributed by atoms with Gasteiger partial charge in [-0.05, 0) is 62.4 Å². The van der Waals surface area contributed by atoms with Crippen LogP contribution >= 0.6 is 11.3 Å². The van der Waals surface area contributed by atoms with E-state index in [1.165, 1.54) is 11.3 Å². The van der Waals surface area contributed by atoms with E-state index in [2.05, 4.69) is 10.0 Å². The largest absolute Gasteiger partial charge is 0.492 e. The van der Waals surface area contributed by atoms with E-state index >= 15 is 0 Å². The topological polar surface area (TPSA) is 67.4 Å². The van der Waals surface area contributed by atoms with Crippen LogP contribution < -0.4 is 14.8 Å². The van der Waals surface area contributed by atoms with Gasteiger partial charge in [0.05, 0.1) is 12.3 Å². The molecule has 0 fully saturated rings. The van der Waals surface area contributed by atoms with Gasteiger partial charge in [0, 0.05) is 16.3 Å². The Morgan fingerprint density at radius 2 is 1.65 bits per heavy atom. The smallest absolute Gasteiger partial charge is 0.271 e. The number of benzene rings is 2. The van der Waals surface area contributed by atoms with Crippen LogP contribution in [-0.2, 0) is 10.0 Å². The lowest BCUT2D eigenvalue weighted by Gasteiger charge is -2.13. The van der Waals surface area contributed by atoms with Crippen molar-refractivity contribution in [3.8, 4) is 5.75 Å². The van der Waals surface area contributed by atoms with Crippen LogP contribution in [0.2, 0.25) is 0 Å². The maximum Gasteiger partial charge on any atom is 0.271 e. The third kappa shape index (κ3) is 4.36. The minimum Gasteiger partial charge on any atom is -0.492 e. The average molecular weight is 389 g/mol. The number of rotatable bonds is 7. The summed E-state index contributed by atoms with van der Waals surface area (Å²) in [5, 5.41) is 3.28. The summed E-state index contributed by atoms with van der Waals surface area (Å²) in [6, 6.07) is 18.2. The standard InChI is InChI=1S/C19H20N2O3S2/c1-3-24-18-7-5-4-6-17(18)20-15-9-11-16(12-10-15)21-26(22,23)19-13-8-14(2)25-19/h4-13,20-21H,3H2,1-2H3. The molecule has 0 saturated heterocycles. The predicted octanol–water partition coefficient (Wildman–Crippen LogP) is 5.00. The minimum absolute atomic E-state index is 0.308. The summed E-state index contributed by atoms with van der Waals surface area (Å²) >= 11 is 1.25. The molecule has 0 aliphatic heterocycles. The number of anilines is 3. The highest BCUT2D eigenvalue weighted by Crippen LogP contribution is 2.29. The Hall–Kier alpha value is -2.51. The van der Waals surface area contributed by atoms with E-state index in [4.69, 9.17) is 4.74 Å². The molecule has 0 aliphatic rings. The predicted molar refractivity (Wildman–Crippen MR) is 107 cm³/mol. The van der Waals surface area contributed by atoms with Crippen molar-refractivity contribution < 1.29 is 13.2 Å². The zero-order valence-electron chi connectivity index (χ0n) is 14.5. The summed E-state index contributed by atoms with van der Waals surface area (Å²) in [6.07, 6.45) is 0. The summed E-state index contributed by atoms with van der Waals surface area (Å²) in [4.78, 5) is 0.956. The summed E-state index contributed by atoms with van der Waals surface area (Å²) < 4.78 is 33.3. The molecule has 136 valence electrons. The van der Waals surface area contributed by atoms with Gasteiger partial charge in [0.1, 0.15) is 9.96 Å². The van der Waals surface area contributed by atoms with Crippen LogP contribution in [0, 0.1) is 6.92 Å². The molecule has 1 aromatic heterocycles. The number of aryl methyl sites for hydroxylation is 1. The number of hydrogen-bond donors (Lipinski definition) is 2. The first kappa shape index (κ1) is 18.3. The van der Waals surface area contributed by atoms with Gasteiger partial charge >= 0.3 is 0 Å². The van der Waals surface area contributed by atoms with Gasteiger partial charge in [0.2, 0.25) is 0 Å². The van der Waals surface area contributed by atoms with E-state index in [1.807, 2.05) is 50.2 Å². The molecule has 2 aromatic carbocycles. The molecule has 0 bridgehead atoms. The molecule has 3 rings (SSSR count). The van der Waals surface area contributed by atoms with Crippen LogP contribution in [0.3, 0.4) is 0 Å². The molecule has 7 heteroatoms. The number of nitrogens with one attached hydrogen (secondary N) is 2. The van der Waals surface area contributed by atoms with Crippen molar-refractivity contribution in [2.24, 2.45) is 0 Å². The van der Waals surface area contributed by atoms with Crippen LogP contribution in [0.25, 0.3) is 0 Å². The Morgan fingerprint density at radius 1 is 0.962 bits per heavy atom. The molecule has 0 radical (unpaired) electrons. The highest BCUT2D eigenvalue weighted by atomic mass is 32.2. The molecule has 0 saturated carbocycles. The Morgan fingerprint density at radius 3 is 2.31 bits per heavy atom. The van der Waals surface area contributed by atoms with Crippen LogP contribution in [0.15, 0.2) is 64.9 Å². The summed E-state index contributed by atoms with van der Waals surface area (Å²) in [6.45, 7) is 4.40. The SMILES string of the molecule is CCOc1ccccc1Nc1ccc(NS(=O)(=O)c2ccc(C)s2)cc1. The summed E-state index contributed by atoms with van der Waals surface area (Å²) in [7, 11) is -3.55. The third-order valence-corrected chi connectivity index (χ3v) is 6.46. The van der Waals surface area contributed by atoms with E-state index < -0.39 is 10.0 Å². The van der Waals surface area contributed by atoms with Gasteiger partial charge in [-0.15, -0.1) is 11.3 Å². The molecule has 2 N–H and O–H groups in total. The third-order valence-electron chi connectivity index (χ3n) is 3.58. The zero-order chi connectivity index (χ0) is 18.6. The quantitative estimate of drug-likeness (QED) is 0.598. The van der Waals surface area contributed by atoms with E-state index in [0.717, 1.165) is 22.0 Å². The number of ether oxygens (including phenoxy) is 1. The van der Waals surface area contributed by atoms with Crippen molar-refractivity contribution in [1.29, 1.82) is 0 Å².